The van der Waals surface area contributed by atoms with Crippen LogP contribution in [0.15, 0.2) is 42.5 Å². The highest BCUT2D eigenvalue weighted by molar-refractivity contribution is 7.21. The second kappa shape index (κ2) is 7.36. The molecule has 128 valence electrons. The maximum absolute atomic E-state index is 10.7. The number of nitrogen functional groups attached to an aromatic ring is 1. The molecule has 3 aromatic rings. The van der Waals surface area contributed by atoms with E-state index in [4.69, 9.17) is 10.8 Å². The number of nitro groups is 1. The van der Waals surface area contributed by atoms with Crippen LogP contribution < -0.4 is 15.8 Å². The van der Waals surface area contributed by atoms with E-state index in [1.54, 1.807) is 11.3 Å². The number of aromatic nitrogens is 1. The first-order chi connectivity index (χ1) is 11.8. The van der Waals surface area contributed by atoms with Gasteiger partial charge in [-0.2, -0.15) is 0 Å². The average molecular weight is 361 g/mol. The van der Waals surface area contributed by atoms with Gasteiger partial charge in [0.2, 0.25) is 0 Å². The number of nitrogens with zero attached hydrogens (tertiary/aromatic N) is 1. The fourth-order valence-electron chi connectivity index (χ4n) is 2.02. The highest BCUT2D eigenvalue weighted by atomic mass is 32.1. The molecule has 1 heterocycles. The summed E-state index contributed by atoms with van der Waals surface area (Å²) >= 11 is 1.57. The molecule has 0 amide bonds. The van der Waals surface area contributed by atoms with E-state index in [0.29, 0.717) is 0 Å². The van der Waals surface area contributed by atoms with Crippen LogP contribution in [0.2, 0.25) is 0 Å². The molecule has 2 aromatic carbocycles. The maximum atomic E-state index is 10.7. The minimum Gasteiger partial charge on any atom is -0.545 e. The molecule has 0 spiro atoms. The van der Waals surface area contributed by atoms with Crippen LogP contribution >= 0.6 is 11.3 Å². The van der Waals surface area contributed by atoms with Crippen LogP contribution in [0.5, 0.6) is 0 Å². The summed E-state index contributed by atoms with van der Waals surface area (Å²) in [4.78, 5) is 33.7. The van der Waals surface area contributed by atoms with Crippen LogP contribution in [-0.2, 0) is 0 Å². The Hall–Kier alpha value is -3.53. The number of nitro benzene ring substituents is 1. The molecule has 0 bridgehead atoms. The van der Waals surface area contributed by atoms with Crippen molar-refractivity contribution in [2.24, 2.45) is 0 Å². The lowest BCUT2D eigenvalue weighted by molar-refractivity contribution is -0.385. The van der Waals surface area contributed by atoms with Gasteiger partial charge in [-0.05, 0) is 23.5 Å². The maximum Gasteiger partial charge on any atom is 0.343 e. The summed E-state index contributed by atoms with van der Waals surface area (Å²) in [6, 6.07) is 11.0. The number of hydrogen-bond donors (Lipinski definition) is 2. The standard InChI is InChI=1S/C8H5NO6.C7H6N2S/c10-7(11)4-2-1-3-5(9(14)15)6(4)8(12)13;8-7-9-5-3-1-2-4-6(5)10-7/h1-3H,(H,10,11)(H,12,13);1-4H,(H2,8,9). The molecule has 0 aliphatic carbocycles. The van der Waals surface area contributed by atoms with Crippen molar-refractivity contribution in [3.05, 3.63) is 63.7 Å². The van der Waals surface area contributed by atoms with Gasteiger partial charge in [0.25, 0.3) is 5.69 Å². The Morgan fingerprint density at radius 3 is 2.40 bits per heavy atom. The number of hydrogen-bond acceptors (Lipinski definition) is 7. The number of carboxylic acid groups (broad SMARTS) is 2. The lowest BCUT2D eigenvalue weighted by atomic mass is 10.1. The number of aromatic carboxylic acids is 2. The normalized spacial score (nSPS) is 9.92. The van der Waals surface area contributed by atoms with E-state index in [0.717, 1.165) is 28.8 Å². The average Bonchev–Trinajstić information content (AvgIpc) is 2.94. The number of carboxylic acids is 2. The summed E-state index contributed by atoms with van der Waals surface area (Å²) in [6.07, 6.45) is 0. The molecule has 0 aliphatic rings. The van der Waals surface area contributed by atoms with Gasteiger partial charge in [-0.1, -0.05) is 24.3 Å². The molecular formula is C15H11N3O6S. The number of nitrogens with one attached hydrogen (secondary N) is 1. The summed E-state index contributed by atoms with van der Waals surface area (Å²) < 4.78 is 1.21. The van der Waals surface area contributed by atoms with Crippen LogP contribution in [0.1, 0.15) is 20.7 Å². The van der Waals surface area contributed by atoms with Crippen molar-refractivity contribution in [2.75, 3.05) is 5.73 Å². The summed E-state index contributed by atoms with van der Waals surface area (Å²) in [5, 5.41) is 30.3. The Morgan fingerprint density at radius 2 is 1.84 bits per heavy atom. The van der Waals surface area contributed by atoms with E-state index < -0.39 is 33.7 Å². The van der Waals surface area contributed by atoms with Crippen molar-refractivity contribution < 1.29 is 29.7 Å². The zero-order valence-corrected chi connectivity index (χ0v) is 13.3. The molecule has 0 aliphatic heterocycles. The molecule has 1 aromatic heterocycles. The van der Waals surface area contributed by atoms with Crippen LogP contribution in [0.4, 0.5) is 10.8 Å². The van der Waals surface area contributed by atoms with Crippen molar-refractivity contribution >= 4 is 44.3 Å². The van der Waals surface area contributed by atoms with E-state index in [1.807, 2.05) is 24.3 Å². The molecule has 0 fully saturated rings. The van der Waals surface area contributed by atoms with Crippen molar-refractivity contribution in [3.8, 4) is 0 Å². The molecule has 0 radical (unpaired) electrons. The number of thiazole rings is 1. The van der Waals surface area contributed by atoms with Crippen molar-refractivity contribution in [1.29, 1.82) is 0 Å². The number of H-pyrrole nitrogens is 1. The number of carbonyl (C=O) groups excluding carboxylic acids is 1. The number of aromatic amines is 1. The summed E-state index contributed by atoms with van der Waals surface area (Å²) in [5.74, 6) is -3.45. The number of para-hydroxylation sites is 1. The van der Waals surface area contributed by atoms with Gasteiger partial charge in [0.15, 0.2) is 0 Å². The van der Waals surface area contributed by atoms with Crippen LogP contribution in [0, 0.1) is 10.1 Å². The molecule has 4 N–H and O–H groups in total. The zero-order chi connectivity index (χ0) is 18.6. The Morgan fingerprint density at radius 1 is 1.16 bits per heavy atom. The van der Waals surface area contributed by atoms with E-state index in [1.165, 1.54) is 4.70 Å². The smallest absolute Gasteiger partial charge is 0.343 e. The van der Waals surface area contributed by atoms with Crippen LogP contribution in [0.25, 0.3) is 10.2 Å². The van der Waals surface area contributed by atoms with Gasteiger partial charge in [0, 0.05) is 11.6 Å². The lowest BCUT2D eigenvalue weighted by Crippen LogP contribution is -2.25. The molecule has 0 saturated heterocycles. The minimum absolute atomic E-state index is 0.711. The predicted octanol–water partition coefficient (Wildman–Crippen LogP) is 0.954. The molecule has 10 heteroatoms. The Labute approximate surface area is 144 Å². The summed E-state index contributed by atoms with van der Waals surface area (Å²) in [5.41, 5.74) is 4.31. The Kier molecular flexibility index (Phi) is 5.25. The molecule has 0 unspecified atom stereocenters. The lowest BCUT2D eigenvalue weighted by Gasteiger charge is -2.06. The van der Waals surface area contributed by atoms with Gasteiger partial charge >= 0.3 is 11.1 Å². The Balaban J connectivity index is 0.000000194. The third kappa shape index (κ3) is 4.06. The largest absolute Gasteiger partial charge is 0.545 e. The summed E-state index contributed by atoms with van der Waals surface area (Å²) in [7, 11) is 0. The quantitative estimate of drug-likeness (QED) is 0.518. The number of nitrogens with two attached hydrogens (primary N) is 1. The van der Waals surface area contributed by atoms with Gasteiger partial charge in [-0.3, -0.25) is 15.8 Å². The molecule has 9 nitrogen and oxygen atoms in total. The number of anilines is 1. The third-order valence-electron chi connectivity index (χ3n) is 3.04. The van der Waals surface area contributed by atoms with Gasteiger partial charge in [-0.15, -0.1) is 0 Å². The molecule has 25 heavy (non-hydrogen) atoms. The number of fused-ring (bicyclic) bond motifs is 1. The highest BCUT2D eigenvalue weighted by Crippen LogP contribution is 2.21. The second-order valence-corrected chi connectivity index (χ2v) is 5.72. The van der Waals surface area contributed by atoms with E-state index in [-0.39, 0.29) is 0 Å². The first-order valence-corrected chi connectivity index (χ1v) is 7.51. The van der Waals surface area contributed by atoms with Crippen molar-refractivity contribution in [1.82, 2.24) is 0 Å². The minimum atomic E-state index is -1.77. The molecule has 0 atom stereocenters. The number of rotatable bonds is 3. The fraction of sp³-hybridized carbons (Fsp3) is 0. The van der Waals surface area contributed by atoms with Gasteiger partial charge in [0.05, 0.1) is 15.6 Å². The van der Waals surface area contributed by atoms with E-state index in [9.17, 15) is 24.8 Å². The van der Waals surface area contributed by atoms with E-state index >= 15 is 0 Å². The molecule has 3 rings (SSSR count). The molecule has 0 saturated carbocycles. The van der Waals surface area contributed by atoms with E-state index in [2.05, 4.69) is 4.98 Å². The van der Waals surface area contributed by atoms with Gasteiger partial charge < -0.3 is 15.0 Å². The van der Waals surface area contributed by atoms with Crippen LogP contribution in [0.3, 0.4) is 0 Å². The predicted molar refractivity (Wildman–Crippen MR) is 87.2 cm³/mol. The van der Waals surface area contributed by atoms with Crippen LogP contribution in [-0.4, -0.2) is 22.0 Å². The number of carbonyl (C=O) groups is 2. The third-order valence-corrected chi connectivity index (χ3v) is 3.94. The first kappa shape index (κ1) is 17.8. The van der Waals surface area contributed by atoms with Crippen molar-refractivity contribution in [3.63, 3.8) is 0 Å². The zero-order valence-electron chi connectivity index (χ0n) is 12.5. The van der Waals surface area contributed by atoms with Crippen molar-refractivity contribution in [2.45, 2.75) is 0 Å². The topological polar surface area (TPSA) is 161 Å². The number of benzene rings is 2. The SMILES string of the molecule is Nc1[nH+]c2ccccc2s1.O=C([O-])c1cccc([N+](=O)[O-])c1C(=O)O. The first-order valence-electron chi connectivity index (χ1n) is 6.69. The summed E-state index contributed by atoms with van der Waals surface area (Å²) in [6.45, 7) is 0. The molecular weight excluding hydrogens is 350 g/mol. The highest BCUT2D eigenvalue weighted by Gasteiger charge is 2.23. The van der Waals surface area contributed by atoms with Gasteiger partial charge in [0.1, 0.15) is 11.1 Å². The Bertz CT molecular complexity index is 904. The monoisotopic (exact) mass is 361 g/mol. The van der Waals surface area contributed by atoms with Gasteiger partial charge in [-0.25, -0.2) is 9.78 Å². The second-order valence-electron chi connectivity index (χ2n) is 4.64. The fourth-order valence-corrected chi connectivity index (χ4v) is 2.80.